The predicted octanol–water partition coefficient (Wildman–Crippen LogP) is 1.17. The first-order valence-corrected chi connectivity index (χ1v) is 6.57. The standard InChI is InChI=1S/C14H22F2N2O2/c1-18(2)6-8-20-7-5-17-10-14(19)11-3-4-12(15)13(16)9-11/h3-4,9,14,17,19H,5-8,10H2,1-2H3. The number of nitrogens with one attached hydrogen (secondary N) is 1. The molecule has 1 atom stereocenters. The lowest BCUT2D eigenvalue weighted by Crippen LogP contribution is -2.26. The molecule has 114 valence electrons. The highest BCUT2D eigenvalue weighted by Crippen LogP contribution is 2.15. The molecular formula is C14H22F2N2O2. The lowest BCUT2D eigenvalue weighted by molar-refractivity contribution is 0.114. The summed E-state index contributed by atoms with van der Waals surface area (Å²) in [6.07, 6.45) is -0.869. The second-order valence-electron chi connectivity index (χ2n) is 4.81. The molecule has 0 aliphatic rings. The van der Waals surface area contributed by atoms with Crippen LogP contribution in [0.3, 0.4) is 0 Å². The highest BCUT2D eigenvalue weighted by Gasteiger charge is 2.10. The third-order valence-electron chi connectivity index (χ3n) is 2.77. The molecule has 0 spiro atoms. The van der Waals surface area contributed by atoms with Crippen LogP contribution in [-0.4, -0.2) is 56.9 Å². The molecule has 0 aliphatic heterocycles. The molecule has 4 nitrogen and oxygen atoms in total. The average molecular weight is 288 g/mol. The van der Waals surface area contributed by atoms with Crippen molar-refractivity contribution in [2.45, 2.75) is 6.10 Å². The second-order valence-corrected chi connectivity index (χ2v) is 4.81. The molecule has 1 rings (SSSR count). The van der Waals surface area contributed by atoms with Gasteiger partial charge in [-0.3, -0.25) is 0 Å². The van der Waals surface area contributed by atoms with E-state index in [-0.39, 0.29) is 6.54 Å². The number of hydrogen-bond acceptors (Lipinski definition) is 4. The van der Waals surface area contributed by atoms with Crippen LogP contribution in [0.1, 0.15) is 11.7 Å². The van der Waals surface area contributed by atoms with Crippen LogP contribution in [0.4, 0.5) is 8.78 Å². The maximum atomic E-state index is 13.0. The molecule has 2 N–H and O–H groups in total. The third-order valence-corrected chi connectivity index (χ3v) is 2.77. The molecule has 0 aromatic heterocycles. The van der Waals surface area contributed by atoms with E-state index >= 15 is 0 Å². The van der Waals surface area contributed by atoms with Crippen LogP contribution in [0, 0.1) is 11.6 Å². The summed E-state index contributed by atoms with van der Waals surface area (Å²) < 4.78 is 31.1. The van der Waals surface area contributed by atoms with E-state index in [2.05, 4.69) is 5.32 Å². The Morgan fingerprint density at radius 1 is 1.25 bits per heavy atom. The van der Waals surface area contributed by atoms with Gasteiger partial charge in [-0.15, -0.1) is 0 Å². The van der Waals surface area contributed by atoms with Crippen LogP contribution in [0.5, 0.6) is 0 Å². The molecule has 1 aromatic carbocycles. The Hall–Kier alpha value is -1.08. The summed E-state index contributed by atoms with van der Waals surface area (Å²) in [6.45, 7) is 2.91. The van der Waals surface area contributed by atoms with Crippen molar-refractivity contribution in [1.82, 2.24) is 10.2 Å². The third kappa shape index (κ3) is 6.38. The van der Waals surface area contributed by atoms with E-state index in [4.69, 9.17) is 4.74 Å². The van der Waals surface area contributed by atoms with Gasteiger partial charge in [0, 0.05) is 19.6 Å². The van der Waals surface area contributed by atoms with Crippen LogP contribution in [0.15, 0.2) is 18.2 Å². The fraction of sp³-hybridized carbons (Fsp3) is 0.571. The van der Waals surface area contributed by atoms with Crippen molar-refractivity contribution in [2.75, 3.05) is 46.9 Å². The molecule has 0 aliphatic carbocycles. The lowest BCUT2D eigenvalue weighted by Gasteiger charge is -2.13. The van der Waals surface area contributed by atoms with Gasteiger partial charge >= 0.3 is 0 Å². The fourth-order valence-electron chi connectivity index (χ4n) is 1.57. The normalized spacial score (nSPS) is 12.9. The Morgan fingerprint density at radius 3 is 2.65 bits per heavy atom. The van der Waals surface area contributed by atoms with E-state index < -0.39 is 17.7 Å². The second kappa shape index (κ2) is 8.97. The molecule has 0 saturated carbocycles. The number of aliphatic hydroxyl groups is 1. The number of rotatable bonds is 9. The van der Waals surface area contributed by atoms with E-state index in [1.165, 1.54) is 6.07 Å². The Kier molecular flexibility index (Phi) is 7.61. The predicted molar refractivity (Wildman–Crippen MR) is 73.6 cm³/mol. The highest BCUT2D eigenvalue weighted by molar-refractivity contribution is 5.20. The highest BCUT2D eigenvalue weighted by atomic mass is 19.2. The van der Waals surface area contributed by atoms with Crippen molar-refractivity contribution in [2.24, 2.45) is 0 Å². The van der Waals surface area contributed by atoms with E-state index in [9.17, 15) is 13.9 Å². The zero-order chi connectivity index (χ0) is 15.0. The molecule has 6 heteroatoms. The molecule has 0 bridgehead atoms. The average Bonchev–Trinajstić information content (AvgIpc) is 2.40. The largest absolute Gasteiger partial charge is 0.387 e. The minimum absolute atomic E-state index is 0.266. The first-order valence-electron chi connectivity index (χ1n) is 6.57. The van der Waals surface area contributed by atoms with Crippen LogP contribution >= 0.6 is 0 Å². The molecule has 1 aromatic rings. The first kappa shape index (κ1) is 17.0. The summed E-state index contributed by atoms with van der Waals surface area (Å²) >= 11 is 0. The molecule has 0 amide bonds. The number of benzene rings is 1. The van der Waals surface area contributed by atoms with E-state index in [1.54, 1.807) is 0 Å². The minimum Gasteiger partial charge on any atom is -0.387 e. The topological polar surface area (TPSA) is 44.7 Å². The zero-order valence-corrected chi connectivity index (χ0v) is 11.9. The molecule has 0 radical (unpaired) electrons. The maximum absolute atomic E-state index is 13.0. The van der Waals surface area contributed by atoms with Crippen molar-refractivity contribution < 1.29 is 18.6 Å². The maximum Gasteiger partial charge on any atom is 0.159 e. The quantitative estimate of drug-likeness (QED) is 0.670. The molecule has 1 unspecified atom stereocenters. The number of likely N-dealkylation sites (N-methyl/N-ethyl adjacent to an activating group) is 1. The number of halogens is 2. The van der Waals surface area contributed by atoms with Gasteiger partial charge in [-0.1, -0.05) is 6.07 Å². The Labute approximate surface area is 118 Å². The molecule has 0 saturated heterocycles. The first-order chi connectivity index (χ1) is 9.50. The van der Waals surface area contributed by atoms with Gasteiger partial charge in [-0.2, -0.15) is 0 Å². The molecule has 20 heavy (non-hydrogen) atoms. The smallest absolute Gasteiger partial charge is 0.159 e. The molecule has 0 fully saturated rings. The van der Waals surface area contributed by atoms with Gasteiger partial charge in [-0.25, -0.2) is 8.78 Å². The van der Waals surface area contributed by atoms with Crippen LogP contribution in [-0.2, 0) is 4.74 Å². The van der Waals surface area contributed by atoms with Gasteiger partial charge in [0.15, 0.2) is 11.6 Å². The number of nitrogens with zero attached hydrogens (tertiary/aromatic N) is 1. The van der Waals surface area contributed by atoms with Crippen molar-refractivity contribution in [3.05, 3.63) is 35.4 Å². The Balaban J connectivity index is 2.16. The molecular weight excluding hydrogens is 266 g/mol. The van der Waals surface area contributed by atoms with Gasteiger partial charge in [0.25, 0.3) is 0 Å². The van der Waals surface area contributed by atoms with Crippen molar-refractivity contribution in [1.29, 1.82) is 0 Å². The Bertz CT molecular complexity index is 403. The SMILES string of the molecule is CN(C)CCOCCNCC(O)c1ccc(F)c(F)c1. The van der Waals surface area contributed by atoms with E-state index in [1.807, 2.05) is 19.0 Å². The van der Waals surface area contributed by atoms with Gasteiger partial charge < -0.3 is 20.1 Å². The Morgan fingerprint density at radius 2 is 2.00 bits per heavy atom. The summed E-state index contributed by atoms with van der Waals surface area (Å²) in [5, 5.41) is 12.8. The zero-order valence-electron chi connectivity index (χ0n) is 11.9. The van der Waals surface area contributed by atoms with E-state index in [0.717, 1.165) is 18.7 Å². The van der Waals surface area contributed by atoms with Crippen molar-refractivity contribution >= 4 is 0 Å². The summed E-state index contributed by atoms with van der Waals surface area (Å²) in [7, 11) is 3.94. The van der Waals surface area contributed by atoms with E-state index in [0.29, 0.717) is 25.3 Å². The van der Waals surface area contributed by atoms with Crippen molar-refractivity contribution in [3.8, 4) is 0 Å². The van der Waals surface area contributed by atoms with Gasteiger partial charge in [0.05, 0.1) is 19.3 Å². The van der Waals surface area contributed by atoms with Crippen molar-refractivity contribution in [3.63, 3.8) is 0 Å². The van der Waals surface area contributed by atoms with Gasteiger partial charge in [0.2, 0.25) is 0 Å². The minimum atomic E-state index is -0.950. The summed E-state index contributed by atoms with van der Waals surface area (Å²) in [6, 6.07) is 3.39. The number of ether oxygens (including phenoxy) is 1. The van der Waals surface area contributed by atoms with Crippen LogP contribution in [0.2, 0.25) is 0 Å². The fourth-order valence-corrected chi connectivity index (χ4v) is 1.57. The summed E-state index contributed by atoms with van der Waals surface area (Å²) in [4.78, 5) is 2.03. The van der Waals surface area contributed by atoms with Crippen LogP contribution in [0.25, 0.3) is 0 Å². The summed E-state index contributed by atoms with van der Waals surface area (Å²) in [5.74, 6) is -1.86. The van der Waals surface area contributed by atoms with Crippen LogP contribution < -0.4 is 5.32 Å². The van der Waals surface area contributed by atoms with Gasteiger partial charge in [-0.05, 0) is 31.8 Å². The number of aliphatic hydroxyl groups excluding tert-OH is 1. The van der Waals surface area contributed by atoms with Gasteiger partial charge in [0.1, 0.15) is 0 Å². The number of hydrogen-bond donors (Lipinski definition) is 2. The lowest BCUT2D eigenvalue weighted by atomic mass is 10.1. The molecule has 0 heterocycles. The summed E-state index contributed by atoms with van der Waals surface area (Å²) in [5.41, 5.74) is 0.352. The monoisotopic (exact) mass is 288 g/mol.